The minimum absolute atomic E-state index is 0.180. The van der Waals surface area contributed by atoms with Gasteiger partial charge in [0.1, 0.15) is 0 Å². The Morgan fingerprint density at radius 2 is 1.79 bits per heavy atom. The van der Waals surface area contributed by atoms with Crippen LogP contribution in [0.25, 0.3) is 0 Å². The predicted molar refractivity (Wildman–Crippen MR) is 82.9 cm³/mol. The Kier molecular flexibility index (Phi) is 8.31. The second-order valence-corrected chi connectivity index (χ2v) is 6.92. The third kappa shape index (κ3) is 7.56. The molecule has 3 N–H and O–H groups in total. The van der Waals surface area contributed by atoms with Gasteiger partial charge in [-0.1, -0.05) is 41.0 Å². The van der Waals surface area contributed by atoms with Crippen LogP contribution in [0.2, 0.25) is 0 Å². The molecule has 0 fully saturated rings. The molecule has 0 aromatic carbocycles. The van der Waals surface area contributed by atoms with Crippen molar-refractivity contribution < 1.29 is 4.79 Å². The first-order valence-corrected chi connectivity index (χ1v) is 7.71. The van der Waals surface area contributed by atoms with Gasteiger partial charge < -0.3 is 11.1 Å². The van der Waals surface area contributed by atoms with Gasteiger partial charge in [-0.3, -0.25) is 4.79 Å². The third-order valence-electron chi connectivity index (χ3n) is 4.35. The Morgan fingerprint density at radius 3 is 2.21 bits per heavy atom. The second kappa shape index (κ2) is 8.57. The molecule has 0 saturated heterocycles. The quantitative estimate of drug-likeness (QED) is 0.711. The number of nitrogens with one attached hydrogen (secondary N) is 1. The first-order valence-electron chi connectivity index (χ1n) is 7.71. The van der Waals surface area contributed by atoms with E-state index in [-0.39, 0.29) is 17.4 Å². The summed E-state index contributed by atoms with van der Waals surface area (Å²) in [4.78, 5) is 12.0. The maximum absolute atomic E-state index is 12.0. The largest absolute Gasteiger partial charge is 0.353 e. The van der Waals surface area contributed by atoms with Crippen molar-refractivity contribution in [3.05, 3.63) is 0 Å². The van der Waals surface area contributed by atoms with Gasteiger partial charge in [0.05, 0.1) is 0 Å². The Labute approximate surface area is 119 Å². The Hall–Kier alpha value is -0.570. The van der Waals surface area contributed by atoms with Crippen molar-refractivity contribution in [2.75, 3.05) is 6.54 Å². The fraction of sp³-hybridized carbons (Fsp3) is 0.938. The summed E-state index contributed by atoms with van der Waals surface area (Å²) in [7, 11) is 0. The van der Waals surface area contributed by atoms with Gasteiger partial charge in [0, 0.05) is 12.5 Å². The zero-order valence-corrected chi connectivity index (χ0v) is 13.8. The molecule has 0 spiro atoms. The first-order chi connectivity index (χ1) is 8.72. The topological polar surface area (TPSA) is 55.1 Å². The van der Waals surface area contributed by atoms with Crippen molar-refractivity contribution in [3.63, 3.8) is 0 Å². The molecule has 0 bridgehead atoms. The van der Waals surface area contributed by atoms with Crippen molar-refractivity contribution >= 4 is 5.91 Å². The van der Waals surface area contributed by atoms with Gasteiger partial charge in [-0.05, 0) is 43.6 Å². The molecule has 3 unspecified atom stereocenters. The minimum Gasteiger partial charge on any atom is -0.353 e. The molecule has 0 saturated carbocycles. The lowest BCUT2D eigenvalue weighted by Gasteiger charge is -2.30. The van der Waals surface area contributed by atoms with Crippen molar-refractivity contribution in [3.8, 4) is 0 Å². The number of hydrogen-bond acceptors (Lipinski definition) is 2. The molecule has 0 aliphatic rings. The Morgan fingerprint density at radius 1 is 1.21 bits per heavy atom. The Balaban J connectivity index is 4.19. The van der Waals surface area contributed by atoms with Crippen molar-refractivity contribution in [1.29, 1.82) is 0 Å². The van der Waals surface area contributed by atoms with Gasteiger partial charge in [-0.2, -0.15) is 0 Å². The van der Waals surface area contributed by atoms with E-state index in [0.29, 0.717) is 24.8 Å². The molecule has 0 aliphatic carbocycles. The van der Waals surface area contributed by atoms with Crippen LogP contribution in [0.5, 0.6) is 0 Å². The van der Waals surface area contributed by atoms with E-state index in [9.17, 15) is 4.79 Å². The number of carbonyl (C=O) groups excluding carboxylic acids is 1. The van der Waals surface area contributed by atoms with E-state index in [1.165, 1.54) is 0 Å². The average Bonchev–Trinajstić information content (AvgIpc) is 2.31. The molecule has 0 aromatic rings. The second-order valence-electron chi connectivity index (χ2n) is 6.92. The molecule has 0 radical (unpaired) electrons. The fourth-order valence-corrected chi connectivity index (χ4v) is 2.34. The van der Waals surface area contributed by atoms with Crippen LogP contribution in [0.15, 0.2) is 0 Å². The zero-order chi connectivity index (χ0) is 15.1. The van der Waals surface area contributed by atoms with Crippen LogP contribution in [-0.4, -0.2) is 18.5 Å². The van der Waals surface area contributed by atoms with Crippen molar-refractivity contribution in [1.82, 2.24) is 5.32 Å². The highest BCUT2D eigenvalue weighted by Crippen LogP contribution is 2.32. The van der Waals surface area contributed by atoms with Crippen LogP contribution in [-0.2, 0) is 4.79 Å². The van der Waals surface area contributed by atoms with E-state index >= 15 is 0 Å². The summed E-state index contributed by atoms with van der Waals surface area (Å²) >= 11 is 0. The maximum Gasteiger partial charge on any atom is 0.220 e. The normalized spacial score (nSPS) is 16.8. The van der Waals surface area contributed by atoms with E-state index in [4.69, 9.17) is 5.73 Å². The molecule has 114 valence electrons. The maximum atomic E-state index is 12.0. The molecule has 1 amide bonds. The number of carbonyl (C=O) groups is 1. The number of rotatable bonds is 8. The van der Waals surface area contributed by atoms with Gasteiger partial charge in [-0.15, -0.1) is 0 Å². The molecule has 3 nitrogen and oxygen atoms in total. The van der Waals surface area contributed by atoms with E-state index in [1.54, 1.807) is 0 Å². The summed E-state index contributed by atoms with van der Waals surface area (Å²) in [5, 5.41) is 3.11. The van der Waals surface area contributed by atoms with E-state index in [1.807, 2.05) is 0 Å². The summed E-state index contributed by atoms with van der Waals surface area (Å²) in [6.07, 6.45) is 3.64. The van der Waals surface area contributed by atoms with E-state index < -0.39 is 0 Å². The van der Waals surface area contributed by atoms with Crippen LogP contribution in [0.1, 0.15) is 67.2 Å². The van der Waals surface area contributed by atoms with Gasteiger partial charge in [0.25, 0.3) is 0 Å². The monoisotopic (exact) mass is 270 g/mol. The number of hydrogen-bond donors (Lipinski definition) is 2. The first kappa shape index (κ1) is 18.4. The van der Waals surface area contributed by atoms with Crippen LogP contribution in [0.3, 0.4) is 0 Å². The number of amides is 1. The molecule has 19 heavy (non-hydrogen) atoms. The highest BCUT2D eigenvalue weighted by Gasteiger charge is 2.24. The van der Waals surface area contributed by atoms with Gasteiger partial charge >= 0.3 is 0 Å². The third-order valence-corrected chi connectivity index (χ3v) is 4.35. The van der Waals surface area contributed by atoms with Gasteiger partial charge in [-0.25, -0.2) is 0 Å². The summed E-state index contributed by atoms with van der Waals surface area (Å²) in [5.41, 5.74) is 5.89. The average molecular weight is 270 g/mol. The SMILES string of the molecule is CCC(C)C(C)NC(=O)CCC(CCN)C(C)(C)C. The minimum atomic E-state index is 0.180. The van der Waals surface area contributed by atoms with E-state index in [2.05, 4.69) is 46.9 Å². The zero-order valence-electron chi connectivity index (χ0n) is 13.8. The van der Waals surface area contributed by atoms with Crippen LogP contribution < -0.4 is 11.1 Å². The van der Waals surface area contributed by atoms with Crippen molar-refractivity contribution in [2.24, 2.45) is 23.0 Å². The van der Waals surface area contributed by atoms with E-state index in [0.717, 1.165) is 19.3 Å². The standard InChI is InChI=1S/C16H34N2O/c1-7-12(2)13(3)18-15(19)9-8-14(10-11-17)16(4,5)6/h12-14H,7-11,17H2,1-6H3,(H,18,19). The lowest BCUT2D eigenvalue weighted by molar-refractivity contribution is -0.122. The van der Waals surface area contributed by atoms with Crippen LogP contribution >= 0.6 is 0 Å². The highest BCUT2D eigenvalue weighted by atomic mass is 16.1. The molecule has 3 atom stereocenters. The molecule has 0 heterocycles. The Bertz CT molecular complexity index is 258. The molecular weight excluding hydrogens is 236 g/mol. The molecule has 0 aromatic heterocycles. The lowest BCUT2D eigenvalue weighted by atomic mass is 9.76. The number of nitrogens with two attached hydrogens (primary N) is 1. The summed E-state index contributed by atoms with van der Waals surface area (Å²) in [6.45, 7) is 13.8. The molecular formula is C16H34N2O. The summed E-state index contributed by atoms with van der Waals surface area (Å²) < 4.78 is 0. The molecule has 0 rings (SSSR count). The van der Waals surface area contributed by atoms with Crippen molar-refractivity contribution in [2.45, 2.75) is 73.3 Å². The summed E-state index contributed by atoms with van der Waals surface area (Å²) in [5.74, 6) is 1.23. The predicted octanol–water partition coefficient (Wildman–Crippen LogP) is 3.33. The molecule has 0 aliphatic heterocycles. The van der Waals surface area contributed by atoms with Gasteiger partial charge in [0.15, 0.2) is 0 Å². The van der Waals surface area contributed by atoms with Crippen LogP contribution in [0.4, 0.5) is 0 Å². The molecule has 3 heteroatoms. The smallest absolute Gasteiger partial charge is 0.220 e. The summed E-state index contributed by atoms with van der Waals surface area (Å²) in [6, 6.07) is 0.264. The fourth-order valence-electron chi connectivity index (χ4n) is 2.34. The highest BCUT2D eigenvalue weighted by molar-refractivity contribution is 5.76. The lowest BCUT2D eigenvalue weighted by Crippen LogP contribution is -2.37. The van der Waals surface area contributed by atoms with Crippen LogP contribution in [0, 0.1) is 17.3 Å². The van der Waals surface area contributed by atoms with Gasteiger partial charge in [0.2, 0.25) is 5.91 Å².